The van der Waals surface area contributed by atoms with Crippen molar-refractivity contribution in [1.29, 1.82) is 0 Å². The number of aliphatic hydroxyl groups excluding tert-OH is 1. The number of aliphatic hydroxyl groups is 1. The SMILES string of the molecule is CC.CC(=O)NCCO.CC(=O)NCc1ccncc1.CCCCNC(C)=O. The summed E-state index contributed by atoms with van der Waals surface area (Å²) in [5, 5.41) is 15.9. The van der Waals surface area contributed by atoms with Gasteiger partial charge in [0.2, 0.25) is 17.7 Å². The van der Waals surface area contributed by atoms with Gasteiger partial charge in [-0.2, -0.15) is 0 Å². The predicted octanol–water partition coefficient (Wildman–Crippen LogP) is 1.78. The van der Waals surface area contributed by atoms with Gasteiger partial charge in [-0.1, -0.05) is 27.2 Å². The summed E-state index contributed by atoms with van der Waals surface area (Å²) in [6.07, 6.45) is 5.63. The molecule has 4 N–H and O–H groups in total. The lowest BCUT2D eigenvalue weighted by Gasteiger charge is -1.99. The minimum atomic E-state index is -0.103. The maximum Gasteiger partial charge on any atom is 0.217 e. The minimum Gasteiger partial charge on any atom is -0.395 e. The van der Waals surface area contributed by atoms with E-state index in [1.165, 1.54) is 20.8 Å². The molecule has 0 bridgehead atoms. The van der Waals surface area contributed by atoms with Crippen LogP contribution >= 0.6 is 0 Å². The van der Waals surface area contributed by atoms with Crippen LogP contribution < -0.4 is 16.0 Å². The fourth-order valence-corrected chi connectivity index (χ4v) is 1.40. The van der Waals surface area contributed by atoms with Crippen molar-refractivity contribution in [3.63, 3.8) is 0 Å². The van der Waals surface area contributed by atoms with E-state index < -0.39 is 0 Å². The number of carbonyl (C=O) groups excluding carboxylic acids is 3. The van der Waals surface area contributed by atoms with Crippen LogP contribution in [0, 0.1) is 0 Å². The van der Waals surface area contributed by atoms with Gasteiger partial charge in [-0.05, 0) is 24.1 Å². The van der Waals surface area contributed by atoms with Crippen molar-refractivity contribution in [1.82, 2.24) is 20.9 Å². The average molecular weight is 399 g/mol. The molecule has 28 heavy (non-hydrogen) atoms. The Kier molecular flexibility index (Phi) is 26.5. The second-order valence-corrected chi connectivity index (χ2v) is 5.31. The third kappa shape index (κ3) is 31.3. The van der Waals surface area contributed by atoms with E-state index in [1.807, 2.05) is 26.0 Å². The van der Waals surface area contributed by atoms with Crippen LogP contribution in [0.5, 0.6) is 0 Å². The molecule has 0 aliphatic carbocycles. The first-order chi connectivity index (χ1) is 13.3. The second-order valence-electron chi connectivity index (χ2n) is 5.31. The van der Waals surface area contributed by atoms with Gasteiger partial charge in [0, 0.05) is 52.8 Å². The second kappa shape index (κ2) is 24.5. The zero-order chi connectivity index (χ0) is 22.2. The Morgan fingerprint density at radius 3 is 1.71 bits per heavy atom. The van der Waals surface area contributed by atoms with Crippen molar-refractivity contribution in [2.24, 2.45) is 0 Å². The smallest absolute Gasteiger partial charge is 0.217 e. The van der Waals surface area contributed by atoms with E-state index in [-0.39, 0.29) is 24.3 Å². The maximum atomic E-state index is 10.5. The number of hydrogen-bond acceptors (Lipinski definition) is 5. The van der Waals surface area contributed by atoms with Crippen molar-refractivity contribution in [3.05, 3.63) is 30.1 Å². The van der Waals surface area contributed by atoms with E-state index in [0.29, 0.717) is 13.1 Å². The Morgan fingerprint density at radius 2 is 1.36 bits per heavy atom. The highest BCUT2D eigenvalue weighted by Crippen LogP contribution is 1.93. The fraction of sp³-hybridized carbons (Fsp3) is 0.600. The fourth-order valence-electron chi connectivity index (χ4n) is 1.40. The molecule has 0 aliphatic rings. The van der Waals surface area contributed by atoms with Crippen molar-refractivity contribution in [2.75, 3.05) is 19.7 Å². The summed E-state index contributed by atoms with van der Waals surface area (Å²) in [6, 6.07) is 3.74. The van der Waals surface area contributed by atoms with Gasteiger partial charge in [-0.25, -0.2) is 0 Å². The molecule has 0 aromatic carbocycles. The topological polar surface area (TPSA) is 120 Å². The molecule has 1 heterocycles. The highest BCUT2D eigenvalue weighted by molar-refractivity contribution is 5.73. The molecule has 1 aromatic rings. The monoisotopic (exact) mass is 398 g/mol. The third-order valence-electron chi connectivity index (χ3n) is 2.68. The number of rotatable bonds is 7. The highest BCUT2D eigenvalue weighted by atomic mass is 16.3. The van der Waals surface area contributed by atoms with Crippen molar-refractivity contribution in [2.45, 2.75) is 60.9 Å². The summed E-state index contributed by atoms with van der Waals surface area (Å²) in [6.45, 7) is 12.3. The zero-order valence-corrected chi connectivity index (χ0v) is 18.2. The van der Waals surface area contributed by atoms with Crippen LogP contribution in [0.25, 0.3) is 0 Å². The van der Waals surface area contributed by atoms with E-state index >= 15 is 0 Å². The summed E-state index contributed by atoms with van der Waals surface area (Å²) in [4.78, 5) is 34.5. The molecule has 1 aromatic heterocycles. The summed E-state index contributed by atoms with van der Waals surface area (Å²) < 4.78 is 0. The number of hydrogen-bond donors (Lipinski definition) is 4. The van der Waals surface area contributed by atoms with Crippen molar-refractivity contribution >= 4 is 17.7 Å². The van der Waals surface area contributed by atoms with Gasteiger partial charge >= 0.3 is 0 Å². The molecule has 162 valence electrons. The lowest BCUT2D eigenvalue weighted by Crippen LogP contribution is -2.22. The molecular weight excluding hydrogens is 360 g/mol. The molecule has 8 nitrogen and oxygen atoms in total. The predicted molar refractivity (Wildman–Crippen MR) is 112 cm³/mol. The molecule has 0 fully saturated rings. The van der Waals surface area contributed by atoms with Crippen molar-refractivity contribution < 1.29 is 19.5 Å². The molecule has 0 saturated heterocycles. The Bertz CT molecular complexity index is 496. The van der Waals surface area contributed by atoms with Gasteiger partial charge in [0.25, 0.3) is 0 Å². The first-order valence-electron chi connectivity index (χ1n) is 9.56. The van der Waals surface area contributed by atoms with E-state index in [2.05, 4.69) is 27.9 Å². The number of nitrogens with zero attached hydrogens (tertiary/aromatic N) is 1. The van der Waals surface area contributed by atoms with E-state index in [9.17, 15) is 14.4 Å². The van der Waals surface area contributed by atoms with Crippen LogP contribution in [0.15, 0.2) is 24.5 Å². The van der Waals surface area contributed by atoms with Gasteiger partial charge in [-0.3, -0.25) is 19.4 Å². The number of aromatic nitrogens is 1. The largest absolute Gasteiger partial charge is 0.395 e. The van der Waals surface area contributed by atoms with Crippen LogP contribution in [-0.2, 0) is 20.9 Å². The first-order valence-corrected chi connectivity index (χ1v) is 9.56. The lowest BCUT2D eigenvalue weighted by molar-refractivity contribution is -0.119. The molecule has 0 unspecified atom stereocenters. The van der Waals surface area contributed by atoms with Gasteiger partial charge in [0.15, 0.2) is 0 Å². The standard InChI is InChI=1S/C8H10N2O.C6H13NO.C4H9NO2.C2H6/c1-7(11)10-6-8-2-4-9-5-3-8;1-3-4-5-7-6(2)8;1-4(7)5-2-3-6;1-2/h2-5H,6H2,1H3,(H,10,11);3-5H2,1-2H3,(H,7,8);6H,2-3H2,1H3,(H,5,7);1-2H3. The quantitative estimate of drug-likeness (QED) is 0.522. The van der Waals surface area contributed by atoms with Gasteiger partial charge in [0.05, 0.1) is 6.61 Å². The molecule has 8 heteroatoms. The minimum absolute atomic E-state index is 0.0122. The Balaban J connectivity index is -0.000000330. The van der Waals surface area contributed by atoms with Gasteiger partial charge in [-0.15, -0.1) is 0 Å². The number of nitrogens with one attached hydrogen (secondary N) is 3. The summed E-state index contributed by atoms with van der Waals surface area (Å²) >= 11 is 0. The van der Waals surface area contributed by atoms with Crippen LogP contribution in [0.2, 0.25) is 0 Å². The van der Waals surface area contributed by atoms with Gasteiger partial charge in [0.1, 0.15) is 0 Å². The van der Waals surface area contributed by atoms with Crippen molar-refractivity contribution in [3.8, 4) is 0 Å². The van der Waals surface area contributed by atoms with Crippen LogP contribution in [0.1, 0.15) is 59.9 Å². The molecule has 0 saturated carbocycles. The molecule has 0 aliphatic heterocycles. The summed E-state index contributed by atoms with van der Waals surface area (Å²) in [5.41, 5.74) is 1.07. The van der Waals surface area contributed by atoms with E-state index in [1.54, 1.807) is 12.4 Å². The van der Waals surface area contributed by atoms with E-state index in [4.69, 9.17) is 5.11 Å². The molecule has 0 radical (unpaired) electrons. The number of amides is 3. The highest BCUT2D eigenvalue weighted by Gasteiger charge is 1.91. The molecule has 0 atom stereocenters. The number of unbranched alkanes of at least 4 members (excludes halogenated alkanes) is 1. The molecule has 0 spiro atoms. The van der Waals surface area contributed by atoms with Gasteiger partial charge < -0.3 is 21.1 Å². The third-order valence-corrected chi connectivity index (χ3v) is 2.68. The zero-order valence-electron chi connectivity index (χ0n) is 18.2. The maximum absolute atomic E-state index is 10.5. The lowest BCUT2D eigenvalue weighted by atomic mass is 10.3. The van der Waals surface area contributed by atoms with Crippen LogP contribution in [-0.4, -0.2) is 47.5 Å². The summed E-state index contributed by atoms with van der Waals surface area (Å²) in [7, 11) is 0. The average Bonchev–Trinajstić information content (AvgIpc) is 2.68. The van der Waals surface area contributed by atoms with Crippen LogP contribution in [0.3, 0.4) is 0 Å². The normalized spacial score (nSPS) is 8.39. The number of carbonyl (C=O) groups is 3. The molecular formula is C20H38N4O4. The Labute approximate surface area is 169 Å². The summed E-state index contributed by atoms with van der Waals surface area (Å²) in [5.74, 6) is -0.0469. The molecule has 1 rings (SSSR count). The van der Waals surface area contributed by atoms with E-state index in [0.717, 1.165) is 24.9 Å². The Hall–Kier alpha value is -2.48. The number of pyridine rings is 1. The molecule has 3 amide bonds. The van der Waals surface area contributed by atoms with Crippen LogP contribution in [0.4, 0.5) is 0 Å². The Morgan fingerprint density at radius 1 is 0.893 bits per heavy atom. The first kappa shape index (κ1) is 30.3.